The highest BCUT2D eigenvalue weighted by molar-refractivity contribution is 5.98. The zero-order chi connectivity index (χ0) is 12.9. The summed E-state index contributed by atoms with van der Waals surface area (Å²) in [5.74, 6) is -0.0869. The molecule has 1 fully saturated rings. The third kappa shape index (κ3) is 1.24. The number of fused-ring (bicyclic) bond motifs is 5. The van der Waals surface area contributed by atoms with Gasteiger partial charge < -0.3 is 4.74 Å². The molecule has 0 aromatic heterocycles. The summed E-state index contributed by atoms with van der Waals surface area (Å²) in [5.41, 5.74) is 4.02. The highest BCUT2D eigenvalue weighted by Gasteiger charge is 2.51. The van der Waals surface area contributed by atoms with Crippen LogP contribution in [0.5, 0.6) is 0 Å². The molecule has 1 aliphatic heterocycles. The summed E-state index contributed by atoms with van der Waals surface area (Å²) >= 11 is 0. The topological polar surface area (TPSA) is 26.3 Å². The molecule has 0 unspecified atom stereocenters. The van der Waals surface area contributed by atoms with E-state index in [2.05, 4.69) is 24.3 Å². The van der Waals surface area contributed by atoms with Gasteiger partial charge in [0.25, 0.3) is 0 Å². The summed E-state index contributed by atoms with van der Waals surface area (Å²) in [5, 5.41) is 0. The van der Waals surface area contributed by atoms with Crippen molar-refractivity contribution in [3.05, 3.63) is 59.7 Å². The molecular weight excluding hydrogens is 236 g/mol. The minimum Gasteiger partial charge on any atom is -0.465 e. The van der Waals surface area contributed by atoms with Crippen LogP contribution in [0.1, 0.15) is 24.0 Å². The minimum atomic E-state index is -0.564. The van der Waals surface area contributed by atoms with Crippen LogP contribution in [0.15, 0.2) is 48.5 Å². The van der Waals surface area contributed by atoms with E-state index < -0.39 is 5.41 Å². The van der Waals surface area contributed by atoms with Gasteiger partial charge >= 0.3 is 5.97 Å². The fourth-order valence-corrected chi connectivity index (χ4v) is 3.54. The number of carbonyl (C=O) groups excluding carboxylic acids is 1. The second-order valence-corrected chi connectivity index (χ2v) is 5.24. The molecule has 1 spiro atoms. The normalized spacial score (nSPS) is 18.8. The Morgan fingerprint density at radius 1 is 0.895 bits per heavy atom. The molecule has 0 atom stereocenters. The number of rotatable bonds is 0. The quantitative estimate of drug-likeness (QED) is 0.671. The van der Waals surface area contributed by atoms with E-state index in [4.69, 9.17) is 4.74 Å². The van der Waals surface area contributed by atoms with Gasteiger partial charge in [-0.05, 0) is 35.1 Å². The number of benzene rings is 2. The maximum Gasteiger partial charge on any atom is 0.321 e. The average Bonchev–Trinajstić information content (AvgIpc) is 2.75. The molecule has 2 aromatic carbocycles. The van der Waals surface area contributed by atoms with Crippen LogP contribution in [-0.2, 0) is 14.9 Å². The zero-order valence-electron chi connectivity index (χ0n) is 10.6. The van der Waals surface area contributed by atoms with Crippen molar-refractivity contribution in [1.82, 2.24) is 0 Å². The predicted molar refractivity (Wildman–Crippen MR) is 72.9 cm³/mol. The Bertz CT molecular complexity index is 627. The standard InChI is InChI=1S/C17H14O2/c18-16-17(10-5-11-19-16)14-8-3-1-6-12(14)13-7-2-4-9-15(13)17/h1-4,6-9H,5,10-11H2. The van der Waals surface area contributed by atoms with Crippen molar-refractivity contribution >= 4 is 5.97 Å². The van der Waals surface area contributed by atoms with Crippen LogP contribution in [0.25, 0.3) is 11.1 Å². The van der Waals surface area contributed by atoms with Gasteiger partial charge in [-0.2, -0.15) is 0 Å². The Kier molecular flexibility index (Phi) is 2.10. The molecule has 0 bridgehead atoms. The second kappa shape index (κ2) is 3.70. The molecule has 19 heavy (non-hydrogen) atoms. The first-order valence-corrected chi connectivity index (χ1v) is 6.71. The molecule has 1 heterocycles. The van der Waals surface area contributed by atoms with Crippen LogP contribution >= 0.6 is 0 Å². The van der Waals surface area contributed by atoms with E-state index in [0.717, 1.165) is 24.0 Å². The molecule has 1 saturated heterocycles. The van der Waals surface area contributed by atoms with Crippen molar-refractivity contribution in [1.29, 1.82) is 0 Å². The number of esters is 1. The van der Waals surface area contributed by atoms with Gasteiger partial charge in [0.05, 0.1) is 6.61 Å². The van der Waals surface area contributed by atoms with Gasteiger partial charge in [-0.25, -0.2) is 0 Å². The van der Waals surface area contributed by atoms with Crippen molar-refractivity contribution in [2.45, 2.75) is 18.3 Å². The molecule has 0 N–H and O–H groups in total. The van der Waals surface area contributed by atoms with Crippen molar-refractivity contribution in [2.75, 3.05) is 6.61 Å². The van der Waals surface area contributed by atoms with Crippen molar-refractivity contribution in [3.8, 4) is 11.1 Å². The van der Waals surface area contributed by atoms with Crippen molar-refractivity contribution in [2.24, 2.45) is 0 Å². The molecule has 1 aliphatic carbocycles. The van der Waals surface area contributed by atoms with Gasteiger partial charge in [0, 0.05) is 0 Å². The first-order valence-electron chi connectivity index (χ1n) is 6.71. The fraction of sp³-hybridized carbons (Fsp3) is 0.235. The van der Waals surface area contributed by atoms with Gasteiger partial charge in [0.1, 0.15) is 5.41 Å². The van der Waals surface area contributed by atoms with E-state index in [1.165, 1.54) is 11.1 Å². The molecule has 0 amide bonds. The van der Waals surface area contributed by atoms with E-state index in [1.54, 1.807) is 0 Å². The molecule has 2 aliphatic rings. The highest BCUT2D eigenvalue weighted by Crippen LogP contribution is 2.52. The molecule has 4 rings (SSSR count). The van der Waals surface area contributed by atoms with E-state index in [9.17, 15) is 4.79 Å². The molecule has 94 valence electrons. The number of hydrogen-bond donors (Lipinski definition) is 0. The molecule has 0 radical (unpaired) electrons. The molecular formula is C17H14O2. The molecule has 2 aromatic rings. The van der Waals surface area contributed by atoms with Crippen molar-refractivity contribution < 1.29 is 9.53 Å². The maximum absolute atomic E-state index is 12.5. The fourth-order valence-electron chi connectivity index (χ4n) is 3.54. The van der Waals surface area contributed by atoms with Gasteiger partial charge in [-0.3, -0.25) is 4.79 Å². The third-order valence-electron chi connectivity index (χ3n) is 4.34. The van der Waals surface area contributed by atoms with E-state index in [1.807, 2.05) is 24.3 Å². The van der Waals surface area contributed by atoms with Gasteiger partial charge in [-0.15, -0.1) is 0 Å². The maximum atomic E-state index is 12.5. The number of carbonyl (C=O) groups is 1. The lowest BCUT2D eigenvalue weighted by Gasteiger charge is -2.33. The Hall–Kier alpha value is -2.09. The van der Waals surface area contributed by atoms with Gasteiger partial charge in [0.15, 0.2) is 0 Å². The number of hydrogen-bond acceptors (Lipinski definition) is 2. The Balaban J connectivity index is 2.08. The minimum absolute atomic E-state index is 0.0869. The first-order chi connectivity index (χ1) is 9.34. The first kappa shape index (κ1) is 10.8. The van der Waals surface area contributed by atoms with Crippen molar-refractivity contribution in [3.63, 3.8) is 0 Å². The smallest absolute Gasteiger partial charge is 0.321 e. The summed E-state index contributed by atoms with van der Waals surface area (Å²) in [4.78, 5) is 12.5. The monoisotopic (exact) mass is 250 g/mol. The SMILES string of the molecule is O=C1OCCCC12c1ccccc1-c1ccccc12. The lowest BCUT2D eigenvalue weighted by atomic mass is 9.73. The summed E-state index contributed by atoms with van der Waals surface area (Å²) in [6.45, 7) is 0.547. The number of cyclic esters (lactones) is 1. The summed E-state index contributed by atoms with van der Waals surface area (Å²) in [7, 11) is 0. The molecule has 2 nitrogen and oxygen atoms in total. The predicted octanol–water partition coefficient (Wildman–Crippen LogP) is 3.29. The summed E-state index contributed by atoms with van der Waals surface area (Å²) < 4.78 is 5.39. The van der Waals surface area contributed by atoms with Crippen LogP contribution in [-0.4, -0.2) is 12.6 Å². The lowest BCUT2D eigenvalue weighted by molar-refractivity contribution is -0.153. The van der Waals surface area contributed by atoms with Crippen LogP contribution in [0.3, 0.4) is 0 Å². The molecule has 2 heteroatoms. The lowest BCUT2D eigenvalue weighted by Crippen LogP contribution is -2.40. The van der Waals surface area contributed by atoms with Crippen LogP contribution in [0, 0.1) is 0 Å². The van der Waals surface area contributed by atoms with Gasteiger partial charge in [-0.1, -0.05) is 48.5 Å². The summed E-state index contributed by atoms with van der Waals surface area (Å²) in [6.07, 6.45) is 1.77. The zero-order valence-corrected chi connectivity index (χ0v) is 10.6. The van der Waals surface area contributed by atoms with Crippen LogP contribution < -0.4 is 0 Å². The molecule has 0 saturated carbocycles. The Morgan fingerprint density at radius 2 is 1.47 bits per heavy atom. The third-order valence-corrected chi connectivity index (χ3v) is 4.34. The Labute approximate surface area is 112 Å². The highest BCUT2D eigenvalue weighted by atomic mass is 16.5. The average molecular weight is 250 g/mol. The van der Waals surface area contributed by atoms with Gasteiger partial charge in [0.2, 0.25) is 0 Å². The van der Waals surface area contributed by atoms with Crippen LogP contribution in [0.2, 0.25) is 0 Å². The van der Waals surface area contributed by atoms with E-state index >= 15 is 0 Å². The summed E-state index contributed by atoms with van der Waals surface area (Å²) in [6, 6.07) is 16.4. The second-order valence-electron chi connectivity index (χ2n) is 5.24. The van der Waals surface area contributed by atoms with Crippen LogP contribution in [0.4, 0.5) is 0 Å². The number of ether oxygens (including phenoxy) is 1. The largest absolute Gasteiger partial charge is 0.465 e. The van der Waals surface area contributed by atoms with E-state index in [0.29, 0.717) is 6.61 Å². The van der Waals surface area contributed by atoms with E-state index in [-0.39, 0.29) is 5.97 Å². The Morgan fingerprint density at radius 3 is 2.05 bits per heavy atom.